The van der Waals surface area contributed by atoms with E-state index in [0.29, 0.717) is 17.0 Å². The Morgan fingerprint density at radius 1 is 1.42 bits per heavy atom. The molecule has 0 atom stereocenters. The molecule has 0 bridgehead atoms. The molecule has 0 heterocycles. The number of amides is 1. The summed E-state index contributed by atoms with van der Waals surface area (Å²) < 4.78 is 9.76. The van der Waals surface area contributed by atoms with E-state index in [1.54, 1.807) is 18.2 Å². The van der Waals surface area contributed by atoms with Crippen molar-refractivity contribution in [3.8, 4) is 5.75 Å². The van der Waals surface area contributed by atoms with Crippen molar-refractivity contribution in [2.75, 3.05) is 32.6 Å². The number of rotatable bonds is 7. The van der Waals surface area contributed by atoms with E-state index < -0.39 is 5.97 Å². The first-order valence-electron chi connectivity index (χ1n) is 5.56. The van der Waals surface area contributed by atoms with Crippen molar-refractivity contribution in [1.29, 1.82) is 0 Å². The van der Waals surface area contributed by atoms with Crippen LogP contribution in [-0.4, -0.2) is 43.9 Å². The lowest BCUT2D eigenvalue weighted by Gasteiger charge is -2.08. The maximum atomic E-state index is 11.8. The summed E-state index contributed by atoms with van der Waals surface area (Å²) in [5.41, 5.74) is 6.36. The molecular formula is C12H16N2O5. The quantitative estimate of drug-likeness (QED) is 0.478. The Bertz CT molecular complexity index is 461. The number of nitrogens with two attached hydrogens (primary N) is 1. The summed E-state index contributed by atoms with van der Waals surface area (Å²) in [6, 6.07) is 4.74. The van der Waals surface area contributed by atoms with E-state index in [1.165, 1.54) is 7.11 Å². The fraction of sp³-hybridized carbons (Fsp3) is 0.333. The lowest BCUT2D eigenvalue weighted by molar-refractivity contribution is -0.142. The van der Waals surface area contributed by atoms with Crippen LogP contribution in [0, 0.1) is 0 Å². The van der Waals surface area contributed by atoms with Crippen LogP contribution >= 0.6 is 0 Å². The molecule has 0 saturated carbocycles. The third-order valence-electron chi connectivity index (χ3n) is 2.26. The van der Waals surface area contributed by atoms with Gasteiger partial charge in [0.15, 0.2) is 0 Å². The fourth-order valence-corrected chi connectivity index (χ4v) is 1.37. The van der Waals surface area contributed by atoms with Crippen LogP contribution in [0.15, 0.2) is 18.2 Å². The SMILES string of the molecule is COc1ccc(C(=O)NCCOCC(=O)O)c(N)c1. The van der Waals surface area contributed by atoms with E-state index in [2.05, 4.69) is 5.32 Å². The van der Waals surface area contributed by atoms with Crippen LogP contribution in [0.25, 0.3) is 0 Å². The van der Waals surface area contributed by atoms with Gasteiger partial charge in [-0.25, -0.2) is 4.79 Å². The Morgan fingerprint density at radius 3 is 2.74 bits per heavy atom. The third kappa shape index (κ3) is 4.84. The number of ether oxygens (including phenoxy) is 2. The second-order valence-corrected chi connectivity index (χ2v) is 3.66. The number of carboxylic acids is 1. The van der Waals surface area contributed by atoms with E-state index in [0.717, 1.165) is 0 Å². The van der Waals surface area contributed by atoms with Gasteiger partial charge in [0.2, 0.25) is 0 Å². The summed E-state index contributed by atoms with van der Waals surface area (Å²) >= 11 is 0. The highest BCUT2D eigenvalue weighted by Crippen LogP contribution is 2.19. The molecule has 0 saturated heterocycles. The number of aliphatic carboxylic acids is 1. The van der Waals surface area contributed by atoms with Gasteiger partial charge in [-0.15, -0.1) is 0 Å². The average molecular weight is 268 g/mol. The summed E-state index contributed by atoms with van der Waals surface area (Å²) in [4.78, 5) is 21.9. The Morgan fingerprint density at radius 2 is 2.16 bits per heavy atom. The predicted molar refractivity (Wildman–Crippen MR) is 68.2 cm³/mol. The van der Waals surface area contributed by atoms with Crippen molar-refractivity contribution in [2.24, 2.45) is 0 Å². The van der Waals surface area contributed by atoms with E-state index >= 15 is 0 Å². The van der Waals surface area contributed by atoms with Gasteiger partial charge < -0.3 is 25.6 Å². The molecule has 1 aromatic carbocycles. The topological polar surface area (TPSA) is 111 Å². The number of benzene rings is 1. The first-order chi connectivity index (χ1) is 9.04. The molecule has 0 aromatic heterocycles. The zero-order valence-corrected chi connectivity index (χ0v) is 10.5. The molecule has 19 heavy (non-hydrogen) atoms. The average Bonchev–Trinajstić information content (AvgIpc) is 2.37. The molecular weight excluding hydrogens is 252 g/mol. The molecule has 0 aliphatic rings. The van der Waals surface area contributed by atoms with Gasteiger partial charge in [-0.2, -0.15) is 0 Å². The fourth-order valence-electron chi connectivity index (χ4n) is 1.37. The van der Waals surface area contributed by atoms with Crippen LogP contribution in [0.1, 0.15) is 10.4 Å². The maximum Gasteiger partial charge on any atom is 0.329 e. The summed E-state index contributed by atoms with van der Waals surface area (Å²) in [7, 11) is 1.51. The van der Waals surface area contributed by atoms with Gasteiger partial charge >= 0.3 is 5.97 Å². The van der Waals surface area contributed by atoms with Crippen molar-refractivity contribution in [1.82, 2.24) is 5.32 Å². The minimum atomic E-state index is -1.05. The highest BCUT2D eigenvalue weighted by Gasteiger charge is 2.09. The van der Waals surface area contributed by atoms with Gasteiger partial charge in [-0.1, -0.05) is 0 Å². The van der Waals surface area contributed by atoms with Crippen LogP contribution in [0.5, 0.6) is 5.75 Å². The van der Waals surface area contributed by atoms with Crippen LogP contribution in [-0.2, 0) is 9.53 Å². The van der Waals surface area contributed by atoms with Crippen molar-refractivity contribution in [3.05, 3.63) is 23.8 Å². The summed E-state index contributed by atoms with van der Waals surface area (Å²) in [5.74, 6) is -0.830. The molecule has 1 amide bonds. The Hall–Kier alpha value is -2.28. The second kappa shape index (κ2) is 7.22. The molecule has 0 spiro atoms. The Kier molecular flexibility index (Phi) is 5.62. The standard InChI is InChI=1S/C12H16N2O5/c1-18-8-2-3-9(10(13)6-8)12(17)14-4-5-19-7-11(15)16/h2-3,6H,4-5,7,13H2,1H3,(H,14,17)(H,15,16). The van der Waals surface area contributed by atoms with Crippen LogP contribution in [0.4, 0.5) is 5.69 Å². The summed E-state index contributed by atoms with van der Waals surface area (Å²) in [5, 5.41) is 10.9. The number of carbonyl (C=O) groups is 2. The second-order valence-electron chi connectivity index (χ2n) is 3.66. The molecule has 0 fully saturated rings. The summed E-state index contributed by atoms with van der Waals surface area (Å²) in [6.07, 6.45) is 0. The number of nitrogens with one attached hydrogen (secondary N) is 1. The van der Waals surface area contributed by atoms with Gasteiger partial charge in [0, 0.05) is 18.3 Å². The Labute approximate surface area is 110 Å². The molecule has 0 aliphatic heterocycles. The molecule has 0 radical (unpaired) electrons. The summed E-state index contributed by atoms with van der Waals surface area (Å²) in [6.45, 7) is -0.0633. The van der Waals surface area contributed by atoms with E-state index in [9.17, 15) is 9.59 Å². The molecule has 1 rings (SSSR count). The highest BCUT2D eigenvalue weighted by atomic mass is 16.5. The van der Waals surface area contributed by atoms with E-state index in [-0.39, 0.29) is 25.7 Å². The zero-order chi connectivity index (χ0) is 14.3. The normalized spacial score (nSPS) is 9.95. The first-order valence-corrected chi connectivity index (χ1v) is 5.56. The largest absolute Gasteiger partial charge is 0.497 e. The van der Waals surface area contributed by atoms with Crippen LogP contribution in [0.3, 0.4) is 0 Å². The van der Waals surface area contributed by atoms with Gasteiger partial charge in [0.05, 0.1) is 19.3 Å². The van der Waals surface area contributed by atoms with E-state index in [4.69, 9.17) is 20.3 Å². The third-order valence-corrected chi connectivity index (χ3v) is 2.26. The number of carboxylic acid groups (broad SMARTS) is 1. The molecule has 1 aromatic rings. The molecule has 7 nitrogen and oxygen atoms in total. The minimum Gasteiger partial charge on any atom is -0.497 e. The molecule has 4 N–H and O–H groups in total. The van der Waals surface area contributed by atoms with Crippen LogP contribution < -0.4 is 15.8 Å². The monoisotopic (exact) mass is 268 g/mol. The number of carbonyl (C=O) groups excluding carboxylic acids is 1. The molecule has 0 unspecified atom stereocenters. The van der Waals surface area contributed by atoms with Gasteiger partial charge in [0.1, 0.15) is 12.4 Å². The predicted octanol–water partition coefficient (Wildman–Crippen LogP) is 0.108. The lowest BCUT2D eigenvalue weighted by atomic mass is 10.1. The van der Waals surface area contributed by atoms with Gasteiger partial charge in [-0.05, 0) is 12.1 Å². The highest BCUT2D eigenvalue weighted by molar-refractivity contribution is 5.99. The number of methoxy groups -OCH3 is 1. The zero-order valence-electron chi connectivity index (χ0n) is 10.5. The first kappa shape index (κ1) is 14.8. The number of nitrogen functional groups attached to an aromatic ring is 1. The van der Waals surface area contributed by atoms with Crippen molar-refractivity contribution < 1.29 is 24.2 Å². The number of hydrogen-bond acceptors (Lipinski definition) is 5. The number of anilines is 1. The van der Waals surface area contributed by atoms with Crippen molar-refractivity contribution >= 4 is 17.6 Å². The van der Waals surface area contributed by atoms with Crippen molar-refractivity contribution in [2.45, 2.75) is 0 Å². The molecule has 104 valence electrons. The maximum absolute atomic E-state index is 11.8. The van der Waals surface area contributed by atoms with Crippen molar-refractivity contribution in [3.63, 3.8) is 0 Å². The lowest BCUT2D eigenvalue weighted by Crippen LogP contribution is -2.28. The van der Waals surface area contributed by atoms with Crippen LogP contribution in [0.2, 0.25) is 0 Å². The molecule has 7 heteroatoms. The smallest absolute Gasteiger partial charge is 0.329 e. The minimum absolute atomic E-state index is 0.119. The molecule has 0 aliphatic carbocycles. The van der Waals surface area contributed by atoms with E-state index in [1.807, 2.05) is 0 Å². The van der Waals surface area contributed by atoms with Gasteiger partial charge in [0.25, 0.3) is 5.91 Å². The number of hydrogen-bond donors (Lipinski definition) is 3. The Balaban J connectivity index is 2.43. The van der Waals surface area contributed by atoms with Gasteiger partial charge in [-0.3, -0.25) is 4.79 Å².